The summed E-state index contributed by atoms with van der Waals surface area (Å²) in [5.41, 5.74) is 0.569. The third kappa shape index (κ3) is 3.26. The van der Waals surface area contributed by atoms with Crippen molar-refractivity contribution in [3.63, 3.8) is 0 Å². The van der Waals surface area contributed by atoms with E-state index in [1.165, 1.54) is 0 Å². The molecule has 5 heteroatoms. The van der Waals surface area contributed by atoms with Crippen LogP contribution in [0.1, 0.15) is 19.3 Å². The molecule has 0 aromatic heterocycles. The molecule has 0 radical (unpaired) electrons. The number of carbonyl (C=O) groups is 2. The first-order valence-electron chi connectivity index (χ1n) is 5.17. The molecule has 15 heavy (non-hydrogen) atoms. The summed E-state index contributed by atoms with van der Waals surface area (Å²) >= 11 is 0. The fourth-order valence-corrected chi connectivity index (χ4v) is 1.62. The Morgan fingerprint density at radius 3 is 2.27 bits per heavy atom. The third-order valence-corrected chi connectivity index (χ3v) is 4.60. The molecule has 0 atom stereocenters. The summed E-state index contributed by atoms with van der Waals surface area (Å²) in [6, 6.07) is 0. The Morgan fingerprint density at radius 2 is 1.80 bits per heavy atom. The van der Waals surface area contributed by atoms with E-state index in [2.05, 4.69) is 24.7 Å². The van der Waals surface area contributed by atoms with Crippen LogP contribution in [0.25, 0.3) is 0 Å². The summed E-state index contributed by atoms with van der Waals surface area (Å²) in [6.07, 6.45) is 1.01. The monoisotopic (exact) mass is 226 g/mol. The quantitative estimate of drug-likeness (QED) is 0.406. The van der Waals surface area contributed by atoms with Crippen molar-refractivity contribution >= 4 is 25.5 Å². The van der Waals surface area contributed by atoms with Gasteiger partial charge in [0.05, 0.1) is 6.42 Å². The van der Waals surface area contributed by atoms with Crippen molar-refractivity contribution < 1.29 is 9.59 Å². The van der Waals surface area contributed by atoms with Crippen molar-refractivity contribution in [3.8, 4) is 0 Å². The van der Waals surface area contributed by atoms with Crippen molar-refractivity contribution in [3.05, 3.63) is 0 Å². The molecule has 1 saturated carbocycles. The lowest BCUT2D eigenvalue weighted by Crippen LogP contribution is -2.41. The second-order valence-corrected chi connectivity index (χ2v) is 9.87. The normalized spacial score (nSPS) is 20.9. The molecule has 1 rings (SSSR count). The van der Waals surface area contributed by atoms with Crippen LogP contribution in [0.3, 0.4) is 0 Å². The molecule has 1 aliphatic rings. The zero-order valence-corrected chi connectivity index (χ0v) is 10.8. The van der Waals surface area contributed by atoms with E-state index < -0.39 is 8.24 Å². The molecule has 0 bridgehead atoms. The topological polar surface area (TPSA) is 49.7 Å². The molecule has 0 aliphatic heterocycles. The van der Waals surface area contributed by atoms with Crippen LogP contribution in [0.2, 0.25) is 19.6 Å². The molecular formula is C10H18N2O2Si. The van der Waals surface area contributed by atoms with Crippen molar-refractivity contribution in [2.24, 2.45) is 5.10 Å². The molecule has 0 aromatic rings. The molecular weight excluding hydrogens is 208 g/mol. The van der Waals surface area contributed by atoms with Crippen LogP contribution < -0.4 is 0 Å². The van der Waals surface area contributed by atoms with Crippen LogP contribution in [-0.4, -0.2) is 37.2 Å². The minimum atomic E-state index is -1.48. The fraction of sp³-hybridized carbons (Fsp3) is 0.700. The Morgan fingerprint density at radius 1 is 1.20 bits per heavy atom. The van der Waals surface area contributed by atoms with Gasteiger partial charge in [0.15, 0.2) is 14.0 Å². The van der Waals surface area contributed by atoms with Gasteiger partial charge in [-0.1, -0.05) is 19.6 Å². The van der Waals surface area contributed by atoms with Gasteiger partial charge >= 0.3 is 0 Å². The predicted octanol–water partition coefficient (Wildman–Crippen LogP) is 1.43. The van der Waals surface area contributed by atoms with Gasteiger partial charge in [0, 0.05) is 19.9 Å². The van der Waals surface area contributed by atoms with Gasteiger partial charge in [0.1, 0.15) is 11.5 Å². The minimum absolute atomic E-state index is 0.0367. The van der Waals surface area contributed by atoms with E-state index in [1.54, 1.807) is 0 Å². The van der Waals surface area contributed by atoms with Gasteiger partial charge < -0.3 is 4.67 Å². The standard InChI is InChI=1S/C10H18N2O2Si/c1-12(15(2,3)4)11-9-6-5-8(13)7-10(9)14/h5-7H2,1-4H3. The predicted molar refractivity (Wildman–Crippen MR) is 62.4 cm³/mol. The largest absolute Gasteiger partial charge is 0.327 e. The van der Waals surface area contributed by atoms with E-state index >= 15 is 0 Å². The van der Waals surface area contributed by atoms with Crippen LogP contribution in [0, 0.1) is 0 Å². The molecule has 0 N–H and O–H groups in total. The van der Waals surface area contributed by atoms with Crippen molar-refractivity contribution in [1.82, 2.24) is 4.67 Å². The first-order chi connectivity index (χ1) is 6.80. The summed E-state index contributed by atoms with van der Waals surface area (Å²) in [7, 11) is 0.423. The average Bonchev–Trinajstić information content (AvgIpc) is 2.08. The Kier molecular flexibility index (Phi) is 3.44. The first kappa shape index (κ1) is 12.1. The number of hydrogen-bond acceptors (Lipinski definition) is 4. The number of ketones is 2. The molecule has 0 unspecified atom stereocenters. The molecule has 1 fully saturated rings. The van der Waals surface area contributed by atoms with Gasteiger partial charge in [-0.3, -0.25) is 9.59 Å². The van der Waals surface area contributed by atoms with Crippen molar-refractivity contribution in [1.29, 1.82) is 0 Å². The van der Waals surface area contributed by atoms with Gasteiger partial charge in [-0.2, -0.15) is 5.10 Å². The zero-order valence-electron chi connectivity index (χ0n) is 9.83. The van der Waals surface area contributed by atoms with Crippen LogP contribution in [-0.2, 0) is 9.59 Å². The lowest BCUT2D eigenvalue weighted by Gasteiger charge is -2.28. The number of carbonyl (C=O) groups excluding carboxylic acids is 2. The van der Waals surface area contributed by atoms with E-state index in [0.717, 1.165) is 0 Å². The molecule has 1 aliphatic carbocycles. The van der Waals surface area contributed by atoms with E-state index in [0.29, 0.717) is 18.6 Å². The van der Waals surface area contributed by atoms with E-state index in [1.807, 2.05) is 11.7 Å². The highest BCUT2D eigenvalue weighted by Gasteiger charge is 2.25. The molecule has 0 amide bonds. The Labute approximate surface area is 91.4 Å². The number of hydrogen-bond donors (Lipinski definition) is 0. The smallest absolute Gasteiger partial charge is 0.186 e. The lowest BCUT2D eigenvalue weighted by molar-refractivity contribution is -0.125. The molecule has 84 valence electrons. The zero-order chi connectivity index (χ0) is 11.6. The molecule has 0 aromatic carbocycles. The fourth-order valence-electron chi connectivity index (χ4n) is 1.20. The second-order valence-electron chi connectivity index (χ2n) is 4.88. The summed E-state index contributed by atoms with van der Waals surface area (Å²) in [5.74, 6) is -0.0639. The summed E-state index contributed by atoms with van der Waals surface area (Å²) < 4.78 is 1.91. The van der Waals surface area contributed by atoms with Crippen molar-refractivity contribution in [2.75, 3.05) is 7.05 Å². The summed E-state index contributed by atoms with van der Waals surface area (Å²) in [5, 5.41) is 4.33. The van der Waals surface area contributed by atoms with Crippen LogP contribution in [0.4, 0.5) is 0 Å². The molecule has 0 spiro atoms. The van der Waals surface area contributed by atoms with Gasteiger partial charge in [0.25, 0.3) is 0 Å². The van der Waals surface area contributed by atoms with E-state index in [4.69, 9.17) is 0 Å². The number of rotatable bonds is 2. The van der Waals surface area contributed by atoms with Gasteiger partial charge in [-0.15, -0.1) is 0 Å². The number of nitrogens with zero attached hydrogens (tertiary/aromatic N) is 2. The minimum Gasteiger partial charge on any atom is -0.327 e. The van der Waals surface area contributed by atoms with E-state index in [-0.39, 0.29) is 18.0 Å². The lowest BCUT2D eigenvalue weighted by atomic mass is 9.96. The maximum absolute atomic E-state index is 11.5. The van der Waals surface area contributed by atoms with Gasteiger partial charge in [-0.25, -0.2) is 0 Å². The Hall–Kier alpha value is -0.973. The Bertz CT molecular complexity index is 318. The highest BCUT2D eigenvalue weighted by Crippen LogP contribution is 2.13. The van der Waals surface area contributed by atoms with Gasteiger partial charge in [-0.05, 0) is 0 Å². The van der Waals surface area contributed by atoms with Crippen LogP contribution >= 0.6 is 0 Å². The van der Waals surface area contributed by atoms with Crippen LogP contribution in [0.15, 0.2) is 5.10 Å². The Balaban J connectivity index is 2.76. The number of Topliss-reactive ketones (excluding diaryl/α,β-unsaturated/α-hetero) is 2. The van der Waals surface area contributed by atoms with Gasteiger partial charge in [0.2, 0.25) is 0 Å². The summed E-state index contributed by atoms with van der Waals surface area (Å²) in [6.45, 7) is 6.49. The highest BCUT2D eigenvalue weighted by molar-refractivity contribution is 6.73. The van der Waals surface area contributed by atoms with E-state index in [9.17, 15) is 9.59 Å². The highest BCUT2D eigenvalue weighted by atomic mass is 28.3. The molecule has 0 saturated heterocycles. The molecule has 4 nitrogen and oxygen atoms in total. The molecule has 0 heterocycles. The SMILES string of the molecule is CN(N=C1CCC(=O)CC1=O)[Si](C)(C)C. The second kappa shape index (κ2) is 4.26. The maximum atomic E-state index is 11.5. The third-order valence-electron chi connectivity index (χ3n) is 2.56. The first-order valence-corrected chi connectivity index (χ1v) is 8.61. The van der Waals surface area contributed by atoms with Crippen LogP contribution in [0.5, 0.6) is 0 Å². The maximum Gasteiger partial charge on any atom is 0.186 e. The summed E-state index contributed by atoms with van der Waals surface area (Å²) in [4.78, 5) is 22.5. The van der Waals surface area contributed by atoms with Crippen molar-refractivity contribution in [2.45, 2.75) is 38.9 Å². The number of hydrazone groups is 1. The average molecular weight is 226 g/mol.